The van der Waals surface area contributed by atoms with Crippen molar-refractivity contribution in [3.8, 4) is 5.75 Å². The molecule has 3 heterocycles. The van der Waals surface area contributed by atoms with E-state index in [0.29, 0.717) is 25.4 Å². The summed E-state index contributed by atoms with van der Waals surface area (Å²) in [4.78, 5) is 34.8. The van der Waals surface area contributed by atoms with Crippen molar-refractivity contribution in [1.82, 2.24) is 14.5 Å². The molecule has 1 unspecified atom stereocenters. The molecule has 2 aliphatic rings. The summed E-state index contributed by atoms with van der Waals surface area (Å²) in [6.07, 6.45) is 0. The number of hydrogen-bond donors (Lipinski definition) is 0. The molecule has 1 aromatic heterocycles. The van der Waals surface area contributed by atoms with Crippen molar-refractivity contribution >= 4 is 23.4 Å². The number of carbonyl (C=O) groups excluding carboxylic acids is 1. The van der Waals surface area contributed by atoms with Crippen LogP contribution in [-0.2, 0) is 16.8 Å². The first-order valence-electron chi connectivity index (χ1n) is 10.7. The van der Waals surface area contributed by atoms with Gasteiger partial charge in [-0.15, -0.1) is 0 Å². The standard InChI is InChI=1S/C23H30N4O3S/c1-23(2,3)19-13-20(28)27-14-16(15-31-22(27)24-19)21(29)26-11-9-25(10-12-26)17-7-5-6-8-18(17)30-4/h5-8,13,16H,9-12,14-15H2,1-4H3. The van der Waals surface area contributed by atoms with E-state index in [0.717, 1.165) is 35.4 Å². The van der Waals surface area contributed by atoms with E-state index in [1.54, 1.807) is 17.7 Å². The Morgan fingerprint density at radius 3 is 2.55 bits per heavy atom. The number of thioether (sulfide) groups is 1. The van der Waals surface area contributed by atoms with Crippen LogP contribution in [0.15, 0.2) is 40.3 Å². The molecule has 7 nitrogen and oxygen atoms in total. The molecule has 4 rings (SSSR count). The number of benzene rings is 1. The van der Waals surface area contributed by atoms with Crippen molar-refractivity contribution in [1.29, 1.82) is 0 Å². The number of fused-ring (bicyclic) bond motifs is 1. The van der Waals surface area contributed by atoms with Crippen LogP contribution < -0.4 is 15.2 Å². The fourth-order valence-electron chi connectivity index (χ4n) is 4.06. The van der Waals surface area contributed by atoms with Crippen molar-refractivity contribution in [3.63, 3.8) is 0 Å². The van der Waals surface area contributed by atoms with E-state index in [2.05, 4.69) is 31.7 Å². The van der Waals surface area contributed by atoms with Gasteiger partial charge in [-0.2, -0.15) is 0 Å². The number of para-hydroxylation sites is 2. The first-order valence-corrected chi connectivity index (χ1v) is 11.7. The number of carbonyl (C=O) groups is 1. The van der Waals surface area contributed by atoms with E-state index >= 15 is 0 Å². The lowest BCUT2D eigenvalue weighted by Crippen LogP contribution is -2.52. The molecule has 8 heteroatoms. The number of rotatable bonds is 3. The van der Waals surface area contributed by atoms with Crippen molar-refractivity contribution < 1.29 is 9.53 Å². The zero-order chi connectivity index (χ0) is 22.2. The summed E-state index contributed by atoms with van der Waals surface area (Å²) in [5, 5.41) is 0.725. The van der Waals surface area contributed by atoms with Crippen LogP contribution >= 0.6 is 11.8 Å². The number of aromatic nitrogens is 2. The summed E-state index contributed by atoms with van der Waals surface area (Å²) in [5.41, 5.74) is 1.62. The van der Waals surface area contributed by atoms with Gasteiger partial charge in [-0.25, -0.2) is 4.98 Å². The maximum atomic E-state index is 13.2. The first-order chi connectivity index (χ1) is 14.8. The molecule has 0 radical (unpaired) electrons. The molecule has 0 bridgehead atoms. The summed E-state index contributed by atoms with van der Waals surface area (Å²) in [6.45, 7) is 9.42. The van der Waals surface area contributed by atoms with Crippen molar-refractivity contribution in [2.24, 2.45) is 5.92 Å². The number of anilines is 1. The monoisotopic (exact) mass is 442 g/mol. The van der Waals surface area contributed by atoms with Crippen molar-refractivity contribution in [2.45, 2.75) is 37.9 Å². The molecule has 0 N–H and O–H groups in total. The minimum absolute atomic E-state index is 0.0686. The number of amides is 1. The molecule has 1 amide bonds. The average Bonchev–Trinajstić information content (AvgIpc) is 2.78. The van der Waals surface area contributed by atoms with Gasteiger partial charge in [0.05, 0.1) is 24.4 Å². The molecule has 1 saturated heterocycles. The highest BCUT2D eigenvalue weighted by Gasteiger charge is 2.33. The van der Waals surface area contributed by atoms with E-state index in [1.165, 1.54) is 11.8 Å². The molecule has 2 aliphatic heterocycles. The van der Waals surface area contributed by atoms with Gasteiger partial charge < -0.3 is 14.5 Å². The highest BCUT2D eigenvalue weighted by Crippen LogP contribution is 2.31. The summed E-state index contributed by atoms with van der Waals surface area (Å²) >= 11 is 1.51. The third kappa shape index (κ3) is 4.44. The van der Waals surface area contributed by atoms with Gasteiger partial charge in [0, 0.05) is 50.0 Å². The second kappa shape index (κ2) is 8.57. The minimum Gasteiger partial charge on any atom is -0.495 e. The number of piperazine rings is 1. The third-order valence-electron chi connectivity index (χ3n) is 5.92. The van der Waals surface area contributed by atoms with Crippen LogP contribution in [0.5, 0.6) is 5.75 Å². The Kier molecular flexibility index (Phi) is 6.01. The SMILES string of the molecule is COc1ccccc1N1CCN(C(=O)C2CSc3nc(C(C)(C)C)cc(=O)n3C2)CC1. The van der Waals surface area contributed by atoms with Crippen molar-refractivity contribution in [3.05, 3.63) is 46.4 Å². The van der Waals surface area contributed by atoms with Crippen LogP contribution in [0, 0.1) is 5.92 Å². The molecule has 1 aromatic carbocycles. The topological polar surface area (TPSA) is 67.7 Å². The summed E-state index contributed by atoms with van der Waals surface area (Å²) < 4.78 is 7.14. The highest BCUT2D eigenvalue weighted by atomic mass is 32.2. The molecular weight excluding hydrogens is 412 g/mol. The Balaban J connectivity index is 1.42. The summed E-state index contributed by atoms with van der Waals surface area (Å²) in [7, 11) is 1.68. The van der Waals surface area contributed by atoms with Gasteiger partial charge in [0.1, 0.15) is 5.75 Å². The Hall–Kier alpha value is -2.48. The fourth-order valence-corrected chi connectivity index (χ4v) is 5.14. The van der Waals surface area contributed by atoms with Gasteiger partial charge in [-0.05, 0) is 12.1 Å². The lowest BCUT2D eigenvalue weighted by atomic mass is 9.92. The number of methoxy groups -OCH3 is 1. The minimum atomic E-state index is -0.199. The zero-order valence-corrected chi connectivity index (χ0v) is 19.4. The number of nitrogens with zero attached hydrogens (tertiary/aromatic N) is 4. The summed E-state index contributed by atoms with van der Waals surface area (Å²) in [6, 6.07) is 9.59. The fraction of sp³-hybridized carbons (Fsp3) is 0.522. The van der Waals surface area contributed by atoms with Crippen LogP contribution in [0.25, 0.3) is 0 Å². The predicted molar refractivity (Wildman–Crippen MR) is 123 cm³/mol. The molecule has 1 atom stereocenters. The maximum absolute atomic E-state index is 13.2. The lowest BCUT2D eigenvalue weighted by molar-refractivity contribution is -0.135. The largest absolute Gasteiger partial charge is 0.495 e. The van der Waals surface area contributed by atoms with Gasteiger partial charge in [-0.3, -0.25) is 14.2 Å². The Morgan fingerprint density at radius 2 is 1.87 bits per heavy atom. The second-order valence-corrected chi connectivity index (χ2v) is 10.1. The van der Waals surface area contributed by atoms with Crippen LogP contribution in [0.4, 0.5) is 5.69 Å². The van der Waals surface area contributed by atoms with E-state index < -0.39 is 0 Å². The predicted octanol–water partition coefficient (Wildman–Crippen LogP) is 2.62. The summed E-state index contributed by atoms with van der Waals surface area (Å²) in [5.74, 6) is 1.44. The van der Waals surface area contributed by atoms with Gasteiger partial charge in [0.25, 0.3) is 5.56 Å². The molecule has 166 valence electrons. The molecule has 31 heavy (non-hydrogen) atoms. The normalized spacial score (nSPS) is 19.2. The Labute approximate surface area is 187 Å². The van der Waals surface area contributed by atoms with Gasteiger partial charge in [0.2, 0.25) is 5.91 Å². The first kappa shape index (κ1) is 21.7. The van der Waals surface area contributed by atoms with Crippen LogP contribution in [0.3, 0.4) is 0 Å². The molecule has 0 spiro atoms. The Morgan fingerprint density at radius 1 is 1.16 bits per heavy atom. The second-order valence-electron chi connectivity index (χ2n) is 9.11. The van der Waals surface area contributed by atoms with Crippen LogP contribution in [-0.4, -0.2) is 59.4 Å². The quantitative estimate of drug-likeness (QED) is 0.681. The average molecular weight is 443 g/mol. The van der Waals surface area contributed by atoms with Crippen LogP contribution in [0.2, 0.25) is 0 Å². The molecule has 0 aliphatic carbocycles. The molecule has 2 aromatic rings. The molecule has 0 saturated carbocycles. The number of hydrogen-bond acceptors (Lipinski definition) is 6. The van der Waals surface area contributed by atoms with Gasteiger partial charge >= 0.3 is 0 Å². The maximum Gasteiger partial charge on any atom is 0.254 e. The third-order valence-corrected chi connectivity index (χ3v) is 7.06. The molecular formula is C23H30N4O3S. The van der Waals surface area contributed by atoms with Crippen molar-refractivity contribution in [2.75, 3.05) is 43.9 Å². The lowest BCUT2D eigenvalue weighted by Gasteiger charge is -2.38. The van der Waals surface area contributed by atoms with E-state index in [4.69, 9.17) is 9.72 Å². The molecule has 1 fully saturated rings. The highest BCUT2D eigenvalue weighted by molar-refractivity contribution is 7.99. The van der Waals surface area contributed by atoms with Crippen LogP contribution in [0.1, 0.15) is 26.5 Å². The zero-order valence-electron chi connectivity index (χ0n) is 18.6. The number of ether oxygens (including phenoxy) is 1. The van der Waals surface area contributed by atoms with Gasteiger partial charge in [0.15, 0.2) is 5.16 Å². The smallest absolute Gasteiger partial charge is 0.254 e. The van der Waals surface area contributed by atoms with Gasteiger partial charge in [-0.1, -0.05) is 44.7 Å². The van der Waals surface area contributed by atoms with E-state index in [-0.39, 0.29) is 22.8 Å². The Bertz CT molecular complexity index is 1020. The van der Waals surface area contributed by atoms with E-state index in [9.17, 15) is 9.59 Å². The van der Waals surface area contributed by atoms with E-state index in [1.807, 2.05) is 23.1 Å².